The van der Waals surface area contributed by atoms with Gasteiger partial charge in [-0.15, -0.1) is 0 Å². The Morgan fingerprint density at radius 3 is 2.84 bits per heavy atom. The molecule has 2 aromatic rings. The van der Waals surface area contributed by atoms with Crippen LogP contribution in [0.2, 0.25) is 0 Å². The Labute approximate surface area is 181 Å². The predicted octanol–water partition coefficient (Wildman–Crippen LogP) is 2.10. The van der Waals surface area contributed by atoms with E-state index in [9.17, 15) is 14.4 Å². The molecular weight excluding hydrogens is 392 g/mol. The number of carbonyl (C=O) groups excluding carboxylic acids is 3. The van der Waals surface area contributed by atoms with E-state index in [1.54, 1.807) is 4.90 Å². The second kappa shape index (κ2) is 8.15. The molecule has 1 saturated heterocycles. The van der Waals surface area contributed by atoms with Crippen LogP contribution in [0.4, 0.5) is 5.69 Å². The van der Waals surface area contributed by atoms with E-state index in [1.165, 1.54) is 11.1 Å². The fraction of sp³-hybridized carbons (Fsp3) is 0.375. The number of aryl methyl sites for hydroxylation is 1. The molecule has 0 aliphatic carbocycles. The Hall–Kier alpha value is -3.19. The molecule has 0 spiro atoms. The van der Waals surface area contributed by atoms with Gasteiger partial charge in [0.1, 0.15) is 6.04 Å². The molecule has 0 saturated carbocycles. The monoisotopic (exact) mass is 418 g/mol. The SMILES string of the molecule is O=C1CCC(N2Cc3c(CNc4ccc5c(c4)CNCCC5)cccc3C2=O)C(=O)N1. The van der Waals surface area contributed by atoms with Crippen molar-refractivity contribution in [2.24, 2.45) is 0 Å². The van der Waals surface area contributed by atoms with Gasteiger partial charge in [0.2, 0.25) is 11.8 Å². The molecule has 7 heteroatoms. The first kappa shape index (κ1) is 19.8. The van der Waals surface area contributed by atoms with Gasteiger partial charge < -0.3 is 15.5 Å². The summed E-state index contributed by atoms with van der Waals surface area (Å²) in [6.45, 7) is 2.94. The number of rotatable bonds is 4. The van der Waals surface area contributed by atoms with E-state index in [0.29, 0.717) is 25.1 Å². The van der Waals surface area contributed by atoms with Crippen LogP contribution in [0.3, 0.4) is 0 Å². The molecule has 7 nitrogen and oxygen atoms in total. The number of anilines is 1. The molecular formula is C24H26N4O3. The molecule has 3 aliphatic heterocycles. The molecule has 1 fully saturated rings. The van der Waals surface area contributed by atoms with E-state index >= 15 is 0 Å². The number of piperidine rings is 1. The second-order valence-electron chi connectivity index (χ2n) is 8.46. The number of imide groups is 1. The van der Waals surface area contributed by atoms with Crippen molar-refractivity contribution in [2.45, 2.75) is 51.4 Å². The Bertz CT molecular complexity index is 1060. The van der Waals surface area contributed by atoms with Crippen LogP contribution < -0.4 is 16.0 Å². The number of benzene rings is 2. The highest BCUT2D eigenvalue weighted by molar-refractivity contribution is 6.05. The number of fused-ring (bicyclic) bond motifs is 2. The number of nitrogens with one attached hydrogen (secondary N) is 3. The molecule has 0 bridgehead atoms. The maximum absolute atomic E-state index is 13.0. The molecule has 0 radical (unpaired) electrons. The van der Waals surface area contributed by atoms with Crippen molar-refractivity contribution in [3.05, 3.63) is 64.2 Å². The molecule has 3 heterocycles. The third-order valence-electron chi connectivity index (χ3n) is 6.48. The lowest BCUT2D eigenvalue weighted by atomic mass is 10.0. The summed E-state index contributed by atoms with van der Waals surface area (Å²) in [5.74, 6) is -0.788. The maximum atomic E-state index is 13.0. The van der Waals surface area contributed by atoms with Crippen LogP contribution in [0, 0.1) is 0 Å². The van der Waals surface area contributed by atoms with Crippen molar-refractivity contribution in [1.29, 1.82) is 0 Å². The number of hydrogen-bond acceptors (Lipinski definition) is 5. The van der Waals surface area contributed by atoms with Crippen molar-refractivity contribution in [3.8, 4) is 0 Å². The molecule has 3 N–H and O–H groups in total. The highest BCUT2D eigenvalue weighted by Crippen LogP contribution is 2.30. The molecule has 3 amide bonds. The summed E-state index contributed by atoms with van der Waals surface area (Å²) in [6.07, 6.45) is 2.90. The Kier molecular flexibility index (Phi) is 5.19. The van der Waals surface area contributed by atoms with Crippen LogP contribution in [-0.2, 0) is 35.6 Å². The van der Waals surface area contributed by atoms with Gasteiger partial charge in [-0.25, -0.2) is 0 Å². The van der Waals surface area contributed by atoms with Crippen LogP contribution in [0.15, 0.2) is 36.4 Å². The summed E-state index contributed by atoms with van der Waals surface area (Å²) < 4.78 is 0. The van der Waals surface area contributed by atoms with Crippen LogP contribution in [0.25, 0.3) is 0 Å². The third-order valence-corrected chi connectivity index (χ3v) is 6.48. The quantitative estimate of drug-likeness (QED) is 0.662. The zero-order valence-corrected chi connectivity index (χ0v) is 17.4. The molecule has 0 aromatic heterocycles. The molecule has 31 heavy (non-hydrogen) atoms. The smallest absolute Gasteiger partial charge is 0.255 e. The summed E-state index contributed by atoms with van der Waals surface area (Å²) in [6, 6.07) is 11.7. The van der Waals surface area contributed by atoms with E-state index in [-0.39, 0.29) is 24.1 Å². The van der Waals surface area contributed by atoms with E-state index < -0.39 is 6.04 Å². The predicted molar refractivity (Wildman–Crippen MR) is 116 cm³/mol. The van der Waals surface area contributed by atoms with Gasteiger partial charge in [-0.3, -0.25) is 19.7 Å². The minimum Gasteiger partial charge on any atom is -0.381 e. The summed E-state index contributed by atoms with van der Waals surface area (Å²) in [7, 11) is 0. The van der Waals surface area contributed by atoms with Crippen molar-refractivity contribution in [2.75, 3.05) is 11.9 Å². The Balaban J connectivity index is 1.32. The van der Waals surface area contributed by atoms with Gasteiger partial charge >= 0.3 is 0 Å². The van der Waals surface area contributed by atoms with Crippen LogP contribution in [0.1, 0.15) is 51.9 Å². The van der Waals surface area contributed by atoms with Crippen LogP contribution in [0.5, 0.6) is 0 Å². The minimum atomic E-state index is -0.588. The van der Waals surface area contributed by atoms with Gasteiger partial charge in [-0.1, -0.05) is 18.2 Å². The van der Waals surface area contributed by atoms with Crippen molar-refractivity contribution >= 4 is 23.4 Å². The average molecular weight is 418 g/mol. The summed E-state index contributed by atoms with van der Waals surface area (Å²) in [4.78, 5) is 38.3. The van der Waals surface area contributed by atoms with E-state index in [2.05, 4.69) is 34.1 Å². The first-order valence-electron chi connectivity index (χ1n) is 10.9. The first-order chi connectivity index (χ1) is 15.1. The standard InChI is InChI=1S/C24H26N4O3/c29-22-9-8-21(23(30)27-22)28-14-20-16(3-1-5-19(20)24(28)31)13-26-18-7-6-15-4-2-10-25-12-17(15)11-18/h1,3,5-7,11,21,25-26H,2,4,8-10,12-14H2,(H,27,29,30). The number of amides is 3. The maximum Gasteiger partial charge on any atom is 0.255 e. The van der Waals surface area contributed by atoms with Gasteiger partial charge in [-0.05, 0) is 66.3 Å². The summed E-state index contributed by atoms with van der Waals surface area (Å²) in [5, 5.41) is 9.32. The molecule has 3 aliphatic rings. The summed E-state index contributed by atoms with van der Waals surface area (Å²) >= 11 is 0. The fourth-order valence-corrected chi connectivity index (χ4v) is 4.78. The normalized spacial score (nSPS) is 20.7. The fourth-order valence-electron chi connectivity index (χ4n) is 4.78. The van der Waals surface area contributed by atoms with E-state index in [4.69, 9.17) is 0 Å². The summed E-state index contributed by atoms with van der Waals surface area (Å²) in [5.41, 5.74) is 6.46. The lowest BCUT2D eigenvalue weighted by molar-refractivity contribution is -0.136. The van der Waals surface area contributed by atoms with E-state index in [1.807, 2.05) is 18.2 Å². The van der Waals surface area contributed by atoms with Crippen molar-refractivity contribution in [3.63, 3.8) is 0 Å². The number of nitrogens with zero attached hydrogens (tertiary/aromatic N) is 1. The van der Waals surface area contributed by atoms with Gasteiger partial charge in [0.25, 0.3) is 5.91 Å². The first-order valence-corrected chi connectivity index (χ1v) is 10.9. The highest BCUT2D eigenvalue weighted by Gasteiger charge is 2.39. The molecule has 1 atom stereocenters. The molecule has 1 unspecified atom stereocenters. The van der Waals surface area contributed by atoms with Crippen molar-refractivity contribution in [1.82, 2.24) is 15.5 Å². The van der Waals surface area contributed by atoms with Crippen LogP contribution in [-0.4, -0.2) is 35.2 Å². The van der Waals surface area contributed by atoms with Crippen molar-refractivity contribution < 1.29 is 14.4 Å². The van der Waals surface area contributed by atoms with Gasteiger partial charge in [-0.2, -0.15) is 0 Å². The average Bonchev–Trinajstić information content (AvgIpc) is 2.94. The van der Waals surface area contributed by atoms with E-state index in [0.717, 1.165) is 42.7 Å². The molecule has 2 aromatic carbocycles. The van der Waals surface area contributed by atoms with Crippen LogP contribution >= 0.6 is 0 Å². The highest BCUT2D eigenvalue weighted by atomic mass is 16.2. The largest absolute Gasteiger partial charge is 0.381 e. The zero-order valence-electron chi connectivity index (χ0n) is 17.4. The Morgan fingerprint density at radius 2 is 1.97 bits per heavy atom. The zero-order chi connectivity index (χ0) is 21.4. The van der Waals surface area contributed by atoms with Gasteiger partial charge in [0.15, 0.2) is 0 Å². The lowest BCUT2D eigenvalue weighted by Gasteiger charge is -2.29. The van der Waals surface area contributed by atoms with Gasteiger partial charge in [0.05, 0.1) is 0 Å². The number of hydrogen-bond donors (Lipinski definition) is 3. The topological polar surface area (TPSA) is 90.5 Å². The van der Waals surface area contributed by atoms with Gasteiger partial charge in [0, 0.05) is 37.3 Å². The molecule has 5 rings (SSSR count). The minimum absolute atomic E-state index is 0.137. The third kappa shape index (κ3) is 3.81. The molecule has 160 valence electrons. The second-order valence-corrected chi connectivity index (χ2v) is 8.46. The lowest BCUT2D eigenvalue weighted by Crippen LogP contribution is -2.52. The number of carbonyl (C=O) groups is 3. The Morgan fingerprint density at radius 1 is 1.06 bits per heavy atom.